The molecule has 3 amide bonds. The topological polar surface area (TPSA) is 621 Å². The highest BCUT2D eigenvalue weighted by atomic mass is 16.8. The number of aliphatic hydroxyl groups is 14. The summed E-state index contributed by atoms with van der Waals surface area (Å²) in [6, 6.07) is -0.0330. The molecule has 25 aliphatic rings. The van der Waals surface area contributed by atoms with Crippen LogP contribution >= 0.6 is 0 Å². The van der Waals surface area contributed by atoms with Crippen molar-refractivity contribution in [1.82, 2.24) is 30.9 Å². The van der Waals surface area contributed by atoms with E-state index in [4.69, 9.17) is 104 Å². The van der Waals surface area contributed by atoms with Crippen molar-refractivity contribution in [2.75, 3.05) is 165 Å². The van der Waals surface area contributed by atoms with Gasteiger partial charge in [-0.2, -0.15) is 0 Å². The second kappa shape index (κ2) is 56.3. The lowest BCUT2D eigenvalue weighted by Crippen LogP contribution is -2.68. The van der Waals surface area contributed by atoms with Crippen LogP contribution in [0.25, 0.3) is 0 Å². The van der Waals surface area contributed by atoms with Crippen LogP contribution in [0.15, 0.2) is 0 Å². The maximum Gasteiger partial charge on any atom is 0.305 e. The molecule has 46 heteroatoms. The third kappa shape index (κ3) is 32.1. The minimum Gasteiger partial charge on any atom is -0.465 e. The molecular weight excluding hydrogens is 1740 g/mol. The van der Waals surface area contributed by atoms with Gasteiger partial charge in [0.2, 0.25) is 17.7 Å². The van der Waals surface area contributed by atoms with Gasteiger partial charge >= 0.3 is 5.97 Å². The SMILES string of the molecule is C[C@@H](CCCCNC(=O)CCOCCOCCOCCOCCNC(=O)COC1CCCCCc2nnn(CC3OC4OC5C(CO)OC(OC6C(CO)OC(OC7C(CO)OC(OC8C(CO)OC(OC9CCC(OC9)OC3C(O)C4O)C(O)C8O)C(O)C7O)C(O)C6O)C(O)C5O)c21)NC(=O)CCOCCOCCOCCOCCCC(=O)OCC1C2CCC#CCCC21. The van der Waals surface area contributed by atoms with Crippen molar-refractivity contribution in [3.8, 4) is 11.8 Å². The number of aliphatic hydroxyl groups excluding tert-OH is 14. The van der Waals surface area contributed by atoms with Gasteiger partial charge in [0.05, 0.1) is 163 Å². The van der Waals surface area contributed by atoms with Gasteiger partial charge < -0.3 is 192 Å². The van der Waals surface area contributed by atoms with Crippen LogP contribution in [0.5, 0.6) is 0 Å². The minimum absolute atomic E-state index is 0.0118. The van der Waals surface area contributed by atoms with E-state index in [-0.39, 0.29) is 115 Å². The Bertz CT molecular complexity index is 3490. The fourth-order valence-electron chi connectivity index (χ4n) is 17.4. The molecule has 131 heavy (non-hydrogen) atoms. The number of amides is 3. The van der Waals surface area contributed by atoms with Crippen LogP contribution in [-0.4, -0.2) is 447 Å². The van der Waals surface area contributed by atoms with Gasteiger partial charge in [0, 0.05) is 64.3 Å². The van der Waals surface area contributed by atoms with E-state index >= 15 is 0 Å². The monoisotopic (exact) mass is 1880 g/mol. The van der Waals surface area contributed by atoms with E-state index in [0.717, 1.165) is 57.8 Å². The molecule has 0 radical (unpaired) electrons. The summed E-state index contributed by atoms with van der Waals surface area (Å²) < 4.78 is 130. The van der Waals surface area contributed by atoms with Gasteiger partial charge in [-0.05, 0) is 88.9 Å². The number of aromatic nitrogens is 3. The molecule has 1 saturated carbocycles. The zero-order valence-corrected chi connectivity index (χ0v) is 74.3. The summed E-state index contributed by atoms with van der Waals surface area (Å²) in [5.74, 6) is 7.36. The van der Waals surface area contributed by atoms with E-state index < -0.39 is 211 Å². The Balaban J connectivity index is 0.544. The van der Waals surface area contributed by atoms with Crippen molar-refractivity contribution >= 4 is 23.7 Å². The van der Waals surface area contributed by atoms with Crippen LogP contribution in [0.2, 0.25) is 0 Å². The second-order valence-electron chi connectivity index (χ2n) is 34.2. The van der Waals surface area contributed by atoms with E-state index in [2.05, 4.69) is 38.1 Å². The third-order valence-electron chi connectivity index (χ3n) is 24.7. The number of fused-ring (bicyclic) bond motifs is 2. The average Bonchev–Trinajstić information content (AvgIpc) is 1.43. The molecule has 17 N–H and O–H groups in total. The Morgan fingerprint density at radius 3 is 1.37 bits per heavy atom. The quantitative estimate of drug-likeness (QED) is 0.0164. The molecule has 12 bridgehead atoms. The molecule has 22 aliphatic heterocycles. The lowest BCUT2D eigenvalue weighted by molar-refractivity contribution is -0.396. The normalized spacial score (nSPS) is 36.0. The summed E-state index contributed by atoms with van der Waals surface area (Å²) in [4.78, 5) is 50.4. The first kappa shape index (κ1) is 107. The van der Waals surface area contributed by atoms with Gasteiger partial charge in [-0.25, -0.2) is 4.68 Å². The number of nitrogens with one attached hydrogen (secondary N) is 3. The molecular formula is C85H140N6O40. The standard InChI is InChI=1S/C85H140N6O40/c1-48(88-61(97)21-26-112-30-34-116-37-36-114-32-28-110-24-11-17-63(99)119-46-52-50-13-5-2-3-6-14-51(50)52)12-9-10-22-86-60(96)20-25-111-29-33-115-38-39-117-35-31-113-27-23-87-62(98)47-118-54-16-8-4-7-15-53-65(54)91(90-89-53)40-55-76-66(100)72(106)82(122-55)128-78-57(42-93)124-84(73(107)68(78)102)130-80-59(44-95)126-85(75(109)70(80)104)131-79-58(43-94)125-83(74(108)69(79)103)129-77-56(41-92)123-81(71(105)67(77)101)121-49-18-19-64(127-76)120-45-49/h48-52,54-59,64,66-85,92-95,100-109H,4-47H2,1H3,(H,86,96)(H,87,98)(H,88,97)/t48-,49?,50?,51?,52?,54?,55?,56?,57?,58?,59?,64?,66?,67?,68?,69?,70?,71?,72?,73?,74?,75?,76?,77?,78?,79?,80?,81?,82?,83?,84?,85?/m0/s1. The summed E-state index contributed by atoms with van der Waals surface area (Å²) in [7, 11) is 0. The minimum atomic E-state index is -2.16. The maximum atomic E-state index is 13.4. The molecule has 0 aromatic carbocycles. The van der Waals surface area contributed by atoms with Crippen molar-refractivity contribution in [2.24, 2.45) is 17.8 Å². The van der Waals surface area contributed by atoms with Crippen LogP contribution in [0, 0.1) is 29.6 Å². The zero-order chi connectivity index (χ0) is 93.1. The molecule has 22 saturated heterocycles. The van der Waals surface area contributed by atoms with E-state index in [1.54, 1.807) is 0 Å². The number of aryl methyl sites for hydroxylation is 1. The largest absolute Gasteiger partial charge is 0.465 e. The first-order chi connectivity index (χ1) is 63.6. The summed E-state index contributed by atoms with van der Waals surface area (Å²) in [5, 5.41) is 176. The number of nitrogens with zero attached hydrogens (tertiary/aromatic N) is 3. The number of esters is 1. The molecule has 26 rings (SSSR count). The molecule has 30 unspecified atom stereocenters. The van der Waals surface area contributed by atoms with Gasteiger partial charge in [-0.3, -0.25) is 19.2 Å². The molecule has 0 spiro atoms. The third-order valence-corrected chi connectivity index (χ3v) is 24.7. The number of hydrogen-bond donors (Lipinski definition) is 17. The molecule has 1 aromatic heterocycles. The lowest BCUT2D eigenvalue weighted by atomic mass is 9.95. The molecule has 3 aliphatic carbocycles. The highest BCUT2D eigenvalue weighted by Crippen LogP contribution is 2.52. The Morgan fingerprint density at radius 1 is 0.443 bits per heavy atom. The number of carbonyl (C=O) groups is 4. The highest BCUT2D eigenvalue weighted by Gasteiger charge is 2.58. The van der Waals surface area contributed by atoms with Crippen molar-refractivity contribution in [3.05, 3.63) is 11.4 Å². The zero-order valence-electron chi connectivity index (χ0n) is 74.3. The summed E-state index contributed by atoms with van der Waals surface area (Å²) in [6.07, 6.45) is -38.4. The van der Waals surface area contributed by atoms with Gasteiger partial charge in [0.1, 0.15) is 135 Å². The molecule has 1 aromatic rings. The molecule has 31 atom stereocenters. The average molecular weight is 1890 g/mol. The number of unbranched alkanes of at least 4 members (excludes halogenated alkanes) is 1. The maximum absolute atomic E-state index is 13.4. The summed E-state index contributed by atoms with van der Waals surface area (Å²) in [5.41, 5.74) is 0.989. The molecule has 750 valence electrons. The fraction of sp³-hybridized carbons (Fsp3) is 0.906. The van der Waals surface area contributed by atoms with Crippen LogP contribution in [0.3, 0.4) is 0 Å². The summed E-state index contributed by atoms with van der Waals surface area (Å²) in [6.45, 7) is 3.45. The van der Waals surface area contributed by atoms with Gasteiger partial charge in [-0.1, -0.05) is 18.1 Å². The van der Waals surface area contributed by atoms with Crippen molar-refractivity contribution in [3.63, 3.8) is 0 Å². The van der Waals surface area contributed by atoms with Crippen molar-refractivity contribution in [1.29, 1.82) is 0 Å². The Morgan fingerprint density at radius 2 is 0.885 bits per heavy atom. The van der Waals surface area contributed by atoms with E-state index in [0.29, 0.717) is 134 Å². The Labute approximate surface area is 759 Å². The smallest absolute Gasteiger partial charge is 0.305 e. The predicted molar refractivity (Wildman–Crippen MR) is 441 cm³/mol. The fourth-order valence-corrected chi connectivity index (χ4v) is 17.4. The lowest BCUT2D eigenvalue weighted by Gasteiger charge is -2.50. The van der Waals surface area contributed by atoms with Gasteiger partial charge in [0.15, 0.2) is 37.7 Å². The first-order valence-corrected chi connectivity index (χ1v) is 46.2. The van der Waals surface area contributed by atoms with Crippen LogP contribution < -0.4 is 16.0 Å². The highest BCUT2D eigenvalue weighted by molar-refractivity contribution is 5.77. The number of ether oxygens (including phenoxy) is 22. The second-order valence-corrected chi connectivity index (χ2v) is 34.2. The Hall–Kier alpha value is -4.82. The van der Waals surface area contributed by atoms with Crippen LogP contribution in [-0.2, 0) is 136 Å². The van der Waals surface area contributed by atoms with E-state index in [9.17, 15) is 90.7 Å². The number of hydrogen-bond acceptors (Lipinski definition) is 42. The molecule has 23 heterocycles. The molecule has 46 nitrogen and oxygen atoms in total. The predicted octanol–water partition coefficient (Wildman–Crippen LogP) is -6.30. The van der Waals surface area contributed by atoms with Gasteiger partial charge in [0.25, 0.3) is 0 Å². The number of rotatable bonds is 48. The van der Waals surface area contributed by atoms with Crippen molar-refractivity contribution < 1.29 is 195 Å². The van der Waals surface area contributed by atoms with E-state index in [1.165, 1.54) is 4.68 Å². The number of carbonyl (C=O) groups excluding carboxylic acids is 4. The van der Waals surface area contributed by atoms with Crippen LogP contribution in [0.1, 0.15) is 134 Å². The van der Waals surface area contributed by atoms with Gasteiger partial charge in [-0.15, -0.1) is 16.9 Å². The first-order valence-electron chi connectivity index (χ1n) is 46.2. The summed E-state index contributed by atoms with van der Waals surface area (Å²) >= 11 is 0. The van der Waals surface area contributed by atoms with Crippen molar-refractivity contribution in [2.45, 2.75) is 307 Å². The molecule has 23 fully saturated rings. The van der Waals surface area contributed by atoms with Crippen LogP contribution in [0.4, 0.5) is 0 Å². The van der Waals surface area contributed by atoms with E-state index in [1.807, 2.05) is 6.92 Å². The Kier molecular flexibility index (Phi) is 45.8.